The molecule has 182 valence electrons. The van der Waals surface area contributed by atoms with Gasteiger partial charge in [-0.25, -0.2) is 4.98 Å². The zero-order chi connectivity index (χ0) is 25.3. The summed E-state index contributed by atoms with van der Waals surface area (Å²) in [4.78, 5) is 21.7. The Morgan fingerprint density at radius 1 is 0.919 bits per heavy atom. The number of aromatic nitrogens is 2. The topological polar surface area (TPSA) is 50.2 Å². The maximum absolute atomic E-state index is 14.7. The second-order valence-corrected chi connectivity index (χ2v) is 10.4. The highest BCUT2D eigenvalue weighted by Gasteiger charge is 2.56. The molecule has 2 aliphatic rings. The van der Waals surface area contributed by atoms with Gasteiger partial charge in [0, 0.05) is 28.4 Å². The predicted octanol–water partition coefficient (Wildman–Crippen LogP) is 6.69. The average molecular weight is 505 g/mol. The molecule has 5 nitrogen and oxygen atoms in total. The van der Waals surface area contributed by atoms with Crippen LogP contribution in [-0.2, 0) is 16.9 Å². The van der Waals surface area contributed by atoms with E-state index in [0.29, 0.717) is 11.6 Å². The van der Waals surface area contributed by atoms with Gasteiger partial charge >= 0.3 is 0 Å². The number of hydrogen-bond acceptors (Lipinski definition) is 3. The molecule has 0 saturated heterocycles. The van der Waals surface area contributed by atoms with Crippen LogP contribution >= 0.6 is 11.6 Å². The lowest BCUT2D eigenvalue weighted by atomic mass is 9.95. The van der Waals surface area contributed by atoms with Crippen LogP contribution in [0.1, 0.15) is 22.3 Å². The number of fused-ring (bicyclic) bond motifs is 8. The van der Waals surface area contributed by atoms with Crippen molar-refractivity contribution in [3.8, 4) is 11.4 Å². The van der Waals surface area contributed by atoms with Crippen LogP contribution in [0.5, 0.6) is 0 Å². The van der Waals surface area contributed by atoms with E-state index in [1.165, 1.54) is 11.1 Å². The number of aryl methyl sites for hydroxylation is 2. The molecule has 0 saturated carbocycles. The molecule has 0 fully saturated rings. The van der Waals surface area contributed by atoms with Crippen molar-refractivity contribution < 1.29 is 4.79 Å². The monoisotopic (exact) mass is 504 g/mol. The van der Waals surface area contributed by atoms with E-state index in [-0.39, 0.29) is 5.91 Å². The first-order valence-corrected chi connectivity index (χ1v) is 12.9. The maximum atomic E-state index is 14.7. The van der Waals surface area contributed by atoms with E-state index in [2.05, 4.69) is 54.1 Å². The van der Waals surface area contributed by atoms with E-state index in [9.17, 15) is 4.79 Å². The molecule has 7 rings (SSSR count). The zero-order valence-electron chi connectivity index (χ0n) is 20.6. The quantitative estimate of drug-likeness (QED) is 0.298. The van der Waals surface area contributed by atoms with Crippen LogP contribution in [0.15, 0.2) is 84.9 Å². The zero-order valence-corrected chi connectivity index (χ0v) is 21.4. The minimum Gasteiger partial charge on any atom is -0.350 e. The van der Waals surface area contributed by atoms with Crippen molar-refractivity contribution in [1.29, 1.82) is 0 Å². The molecule has 1 aromatic heterocycles. The third-order valence-electron chi connectivity index (χ3n) is 7.75. The lowest BCUT2D eigenvalue weighted by Gasteiger charge is -2.38. The molecule has 4 aromatic carbocycles. The van der Waals surface area contributed by atoms with E-state index < -0.39 is 5.66 Å². The minimum absolute atomic E-state index is 0.0334. The number of carbonyl (C=O) groups is 1. The van der Waals surface area contributed by atoms with Gasteiger partial charge < -0.3 is 10.2 Å². The van der Waals surface area contributed by atoms with Gasteiger partial charge in [-0.3, -0.25) is 9.36 Å². The molecule has 0 aliphatic carbocycles. The van der Waals surface area contributed by atoms with Crippen molar-refractivity contribution >= 4 is 39.9 Å². The van der Waals surface area contributed by atoms with Crippen molar-refractivity contribution in [3.63, 3.8) is 0 Å². The Hall–Kier alpha value is -4.09. The Balaban J connectivity index is 1.49. The number of rotatable bonds is 3. The van der Waals surface area contributed by atoms with Crippen LogP contribution in [0.3, 0.4) is 0 Å². The van der Waals surface area contributed by atoms with Gasteiger partial charge in [0.2, 0.25) is 5.66 Å². The van der Waals surface area contributed by atoms with E-state index >= 15 is 0 Å². The number of amides is 1. The summed E-state index contributed by atoms with van der Waals surface area (Å²) in [5, 5.41) is 4.27. The van der Waals surface area contributed by atoms with Gasteiger partial charge in [0.05, 0.1) is 16.7 Å². The van der Waals surface area contributed by atoms with E-state index in [1.807, 2.05) is 59.5 Å². The largest absolute Gasteiger partial charge is 0.350 e. The van der Waals surface area contributed by atoms with Crippen LogP contribution in [0.2, 0.25) is 5.02 Å². The van der Waals surface area contributed by atoms with Gasteiger partial charge in [-0.1, -0.05) is 54.1 Å². The first kappa shape index (κ1) is 22.1. The summed E-state index contributed by atoms with van der Waals surface area (Å²) in [6.07, 6.45) is 0.747. The molecule has 2 aliphatic heterocycles. The van der Waals surface area contributed by atoms with Crippen molar-refractivity contribution in [1.82, 2.24) is 9.55 Å². The lowest BCUT2D eigenvalue weighted by Crippen LogP contribution is -2.53. The van der Waals surface area contributed by atoms with Crippen LogP contribution in [-0.4, -0.2) is 22.0 Å². The van der Waals surface area contributed by atoms with Crippen molar-refractivity contribution in [2.45, 2.75) is 25.9 Å². The van der Waals surface area contributed by atoms with Crippen molar-refractivity contribution in [2.24, 2.45) is 0 Å². The molecule has 1 amide bonds. The molecule has 0 radical (unpaired) electrons. The summed E-state index contributed by atoms with van der Waals surface area (Å²) in [5.74, 6) is 0.743. The van der Waals surface area contributed by atoms with E-state index in [0.717, 1.165) is 51.3 Å². The van der Waals surface area contributed by atoms with Crippen molar-refractivity contribution in [3.05, 3.63) is 112 Å². The number of para-hydroxylation sites is 1. The standard InChI is InChI=1S/C31H25ClN4O/c1-19-16-26-28(17-20(19)2)36-29(33-26)23-10-6-7-11-25(23)34-31(36)24-18-22(32)12-13-27(24)35(30(31)37)15-14-21-8-4-3-5-9-21/h3-13,16-18,34H,14-15H2,1-2H3. The summed E-state index contributed by atoms with van der Waals surface area (Å²) in [6, 6.07) is 28.3. The lowest BCUT2D eigenvalue weighted by molar-refractivity contribution is -0.123. The Bertz CT molecular complexity index is 1720. The summed E-state index contributed by atoms with van der Waals surface area (Å²) in [5.41, 5.74) is 7.66. The van der Waals surface area contributed by atoms with Gasteiger partial charge in [0.15, 0.2) is 0 Å². The highest BCUT2D eigenvalue weighted by molar-refractivity contribution is 6.31. The molecule has 3 heterocycles. The molecule has 1 N–H and O–H groups in total. The molecule has 37 heavy (non-hydrogen) atoms. The van der Waals surface area contributed by atoms with Gasteiger partial charge in [-0.2, -0.15) is 0 Å². The van der Waals surface area contributed by atoms with Crippen LogP contribution < -0.4 is 10.2 Å². The fourth-order valence-electron chi connectivity index (χ4n) is 5.79. The highest BCUT2D eigenvalue weighted by atomic mass is 35.5. The van der Waals surface area contributed by atoms with Crippen LogP contribution in [0.25, 0.3) is 22.4 Å². The first-order chi connectivity index (χ1) is 18.0. The number of anilines is 2. The Morgan fingerprint density at radius 3 is 2.51 bits per heavy atom. The predicted molar refractivity (Wildman–Crippen MR) is 149 cm³/mol. The maximum Gasteiger partial charge on any atom is 0.279 e. The second-order valence-electron chi connectivity index (χ2n) is 9.93. The van der Waals surface area contributed by atoms with Gasteiger partial charge in [0.1, 0.15) is 5.82 Å². The Labute approximate surface area is 220 Å². The average Bonchev–Trinajstić information content (AvgIpc) is 3.37. The number of benzene rings is 4. The van der Waals surface area contributed by atoms with Gasteiger partial charge in [-0.15, -0.1) is 0 Å². The summed E-state index contributed by atoms with van der Waals surface area (Å²) in [6.45, 7) is 4.75. The molecule has 1 atom stereocenters. The molecule has 5 aromatic rings. The number of hydrogen-bond donors (Lipinski definition) is 1. The first-order valence-electron chi connectivity index (χ1n) is 12.5. The van der Waals surface area contributed by atoms with Crippen molar-refractivity contribution in [2.75, 3.05) is 16.8 Å². The molecule has 1 unspecified atom stereocenters. The fourth-order valence-corrected chi connectivity index (χ4v) is 5.96. The van der Waals surface area contributed by atoms with Gasteiger partial charge in [-0.05, 0) is 79.4 Å². The third kappa shape index (κ3) is 3.10. The summed E-state index contributed by atoms with van der Waals surface area (Å²) >= 11 is 6.58. The summed E-state index contributed by atoms with van der Waals surface area (Å²) in [7, 11) is 0. The fraction of sp³-hybridized carbons (Fsp3) is 0.161. The number of nitrogens with one attached hydrogen (secondary N) is 1. The van der Waals surface area contributed by atoms with Crippen LogP contribution in [0, 0.1) is 13.8 Å². The summed E-state index contributed by atoms with van der Waals surface area (Å²) < 4.78 is 2.09. The molecular weight excluding hydrogens is 480 g/mol. The second kappa shape index (κ2) is 7.95. The van der Waals surface area contributed by atoms with E-state index in [1.54, 1.807) is 0 Å². The minimum atomic E-state index is -1.20. The van der Waals surface area contributed by atoms with Crippen LogP contribution in [0.4, 0.5) is 11.4 Å². The molecule has 0 bridgehead atoms. The smallest absolute Gasteiger partial charge is 0.279 e. The van der Waals surface area contributed by atoms with E-state index in [4.69, 9.17) is 16.6 Å². The van der Waals surface area contributed by atoms with Gasteiger partial charge in [0.25, 0.3) is 5.91 Å². The molecule has 1 spiro atoms. The Morgan fingerprint density at radius 2 is 1.68 bits per heavy atom. The number of nitrogens with zero attached hydrogens (tertiary/aromatic N) is 3. The third-order valence-corrected chi connectivity index (χ3v) is 7.98. The Kier molecular flexibility index (Phi) is 4.76. The normalized spacial score (nSPS) is 17.6. The number of carbonyl (C=O) groups excluding carboxylic acids is 1. The highest BCUT2D eigenvalue weighted by Crippen LogP contribution is 2.51. The molecule has 6 heteroatoms. The molecular formula is C31H25ClN4O. The number of imidazole rings is 1. The number of halogens is 1. The SMILES string of the molecule is Cc1cc2nc3n(c2cc1C)C1(Nc2ccccc2-3)C(=O)N(CCc2ccccc2)c2ccc(Cl)cc21.